The first kappa shape index (κ1) is 19.9. The molecule has 148 valence electrons. The summed E-state index contributed by atoms with van der Waals surface area (Å²) in [5, 5.41) is 6.05. The number of rotatable bonds is 3. The molecule has 3 amide bonds. The number of hydrogen-bond donors (Lipinski definition) is 2. The Morgan fingerprint density at radius 1 is 1.00 bits per heavy atom. The van der Waals surface area contributed by atoms with Crippen molar-refractivity contribution >= 4 is 17.6 Å². The quantitative estimate of drug-likeness (QED) is 0.838. The molecule has 2 aromatic rings. The lowest BCUT2D eigenvalue weighted by Gasteiger charge is -2.42. The van der Waals surface area contributed by atoms with Gasteiger partial charge in [0.25, 0.3) is 0 Å². The molecular weight excluding hydrogens is 357 g/mol. The monoisotopic (exact) mass is 383 g/mol. The van der Waals surface area contributed by atoms with Crippen molar-refractivity contribution in [2.24, 2.45) is 0 Å². The summed E-state index contributed by atoms with van der Waals surface area (Å²) in [7, 11) is 0. The Balaban J connectivity index is 1.74. The lowest BCUT2D eigenvalue weighted by molar-refractivity contribution is -0.121. The molecule has 2 aromatic carbocycles. The van der Waals surface area contributed by atoms with E-state index in [9.17, 15) is 14.0 Å². The van der Waals surface area contributed by atoms with Crippen LogP contribution < -0.4 is 10.6 Å². The van der Waals surface area contributed by atoms with E-state index >= 15 is 0 Å². The summed E-state index contributed by atoms with van der Waals surface area (Å²) in [6.45, 7) is 6.40. The highest BCUT2D eigenvalue weighted by molar-refractivity contribution is 5.91. The smallest absolute Gasteiger partial charge is 0.321 e. The molecule has 1 heterocycles. The number of amides is 3. The van der Waals surface area contributed by atoms with E-state index in [0.717, 1.165) is 22.4 Å². The van der Waals surface area contributed by atoms with E-state index in [-0.39, 0.29) is 17.8 Å². The fraction of sp³-hybridized carbons (Fsp3) is 0.364. The summed E-state index contributed by atoms with van der Waals surface area (Å²) in [6.07, 6.45) is 1.14. The van der Waals surface area contributed by atoms with Gasteiger partial charge in [-0.3, -0.25) is 4.79 Å². The van der Waals surface area contributed by atoms with E-state index < -0.39 is 5.54 Å². The second-order valence-electron chi connectivity index (χ2n) is 7.45. The highest BCUT2D eigenvalue weighted by atomic mass is 19.1. The zero-order valence-electron chi connectivity index (χ0n) is 16.5. The number of hydrogen-bond acceptors (Lipinski definition) is 2. The third-order valence-electron chi connectivity index (χ3n) is 5.43. The number of piperidine rings is 1. The first-order chi connectivity index (χ1) is 13.3. The molecule has 1 aliphatic heterocycles. The zero-order valence-corrected chi connectivity index (χ0v) is 16.5. The summed E-state index contributed by atoms with van der Waals surface area (Å²) >= 11 is 0. The molecular formula is C22H26FN3O2. The third kappa shape index (κ3) is 4.16. The Bertz CT molecular complexity index is 852. The molecule has 2 N–H and O–H groups in total. The number of benzene rings is 2. The van der Waals surface area contributed by atoms with Gasteiger partial charge in [0.05, 0.1) is 5.54 Å². The lowest BCUT2D eigenvalue weighted by atomic mass is 9.80. The van der Waals surface area contributed by atoms with Crippen molar-refractivity contribution < 1.29 is 14.0 Å². The van der Waals surface area contributed by atoms with Crippen LogP contribution in [-0.4, -0.2) is 29.9 Å². The predicted molar refractivity (Wildman–Crippen MR) is 108 cm³/mol. The number of carbonyl (C=O) groups is 2. The number of carbonyl (C=O) groups excluding carboxylic acids is 2. The van der Waals surface area contributed by atoms with Crippen molar-refractivity contribution in [2.45, 2.75) is 39.2 Å². The van der Waals surface area contributed by atoms with Crippen LogP contribution >= 0.6 is 0 Å². The molecule has 0 unspecified atom stereocenters. The van der Waals surface area contributed by atoms with Gasteiger partial charge in [-0.05, 0) is 55.5 Å². The van der Waals surface area contributed by atoms with E-state index in [4.69, 9.17) is 0 Å². The van der Waals surface area contributed by atoms with Gasteiger partial charge in [0.15, 0.2) is 0 Å². The Hall–Kier alpha value is -2.89. The fourth-order valence-corrected chi connectivity index (χ4v) is 3.88. The molecule has 1 saturated heterocycles. The average Bonchev–Trinajstić information content (AvgIpc) is 2.65. The third-order valence-corrected chi connectivity index (χ3v) is 5.43. The SMILES string of the molecule is CC(=O)NC1(c2ccc(F)cc2)CCN(C(=O)Nc2c(C)cccc2C)CC1. The highest BCUT2D eigenvalue weighted by Crippen LogP contribution is 2.33. The van der Waals surface area contributed by atoms with Gasteiger partial charge in [0.1, 0.15) is 5.82 Å². The molecule has 0 atom stereocenters. The number of halogens is 1. The minimum absolute atomic E-state index is 0.141. The van der Waals surface area contributed by atoms with Crippen LogP contribution in [0.5, 0.6) is 0 Å². The number of urea groups is 1. The minimum atomic E-state index is -0.588. The molecule has 6 heteroatoms. The number of anilines is 1. The van der Waals surface area contributed by atoms with E-state index in [1.165, 1.54) is 19.1 Å². The second-order valence-corrected chi connectivity index (χ2v) is 7.45. The van der Waals surface area contributed by atoms with Crippen LogP contribution in [0, 0.1) is 19.7 Å². The van der Waals surface area contributed by atoms with Gasteiger partial charge in [-0.1, -0.05) is 30.3 Å². The summed E-state index contributed by atoms with van der Waals surface area (Å²) in [4.78, 5) is 26.3. The van der Waals surface area contributed by atoms with E-state index in [1.807, 2.05) is 32.0 Å². The maximum Gasteiger partial charge on any atom is 0.321 e. The molecule has 0 aromatic heterocycles. The molecule has 3 rings (SSSR count). The predicted octanol–water partition coefficient (Wildman–Crippen LogP) is 4.10. The Morgan fingerprint density at radius 3 is 2.11 bits per heavy atom. The minimum Gasteiger partial charge on any atom is -0.347 e. The normalized spacial score (nSPS) is 15.8. The standard InChI is InChI=1S/C22H26FN3O2/c1-15-5-4-6-16(2)20(15)24-21(28)26-13-11-22(12-14-26,25-17(3)27)18-7-9-19(23)10-8-18/h4-10H,11-14H2,1-3H3,(H,24,28)(H,25,27). The summed E-state index contributed by atoms with van der Waals surface area (Å²) in [6, 6.07) is 12.0. The number of likely N-dealkylation sites (tertiary alicyclic amines) is 1. The van der Waals surface area contributed by atoms with Crippen LogP contribution in [0.3, 0.4) is 0 Å². The number of para-hydroxylation sites is 1. The molecule has 0 radical (unpaired) electrons. The first-order valence-electron chi connectivity index (χ1n) is 9.48. The Kier molecular flexibility index (Phi) is 5.68. The average molecular weight is 383 g/mol. The number of nitrogens with zero attached hydrogens (tertiary/aromatic N) is 1. The molecule has 0 spiro atoms. The maximum atomic E-state index is 13.3. The van der Waals surface area contributed by atoms with Gasteiger partial charge < -0.3 is 15.5 Å². The van der Waals surface area contributed by atoms with Crippen LogP contribution in [0.1, 0.15) is 36.5 Å². The van der Waals surface area contributed by atoms with Crippen LogP contribution in [0.2, 0.25) is 0 Å². The van der Waals surface area contributed by atoms with Gasteiger partial charge in [-0.25, -0.2) is 9.18 Å². The molecule has 1 aliphatic rings. The molecule has 0 aliphatic carbocycles. The molecule has 1 fully saturated rings. The maximum absolute atomic E-state index is 13.3. The number of aryl methyl sites for hydroxylation is 2. The van der Waals surface area contributed by atoms with Crippen LogP contribution in [0.25, 0.3) is 0 Å². The molecule has 28 heavy (non-hydrogen) atoms. The van der Waals surface area contributed by atoms with E-state index in [0.29, 0.717) is 25.9 Å². The topological polar surface area (TPSA) is 61.4 Å². The zero-order chi connectivity index (χ0) is 20.3. The Morgan fingerprint density at radius 2 is 1.57 bits per heavy atom. The van der Waals surface area contributed by atoms with Crippen molar-refractivity contribution in [1.29, 1.82) is 0 Å². The van der Waals surface area contributed by atoms with Crippen LogP contribution in [0.4, 0.5) is 14.9 Å². The lowest BCUT2D eigenvalue weighted by Crippen LogP contribution is -2.54. The Labute approximate surface area is 164 Å². The van der Waals surface area contributed by atoms with Gasteiger partial charge in [-0.15, -0.1) is 0 Å². The van der Waals surface area contributed by atoms with Gasteiger partial charge in [0, 0.05) is 25.7 Å². The largest absolute Gasteiger partial charge is 0.347 e. The van der Waals surface area contributed by atoms with Crippen LogP contribution in [0.15, 0.2) is 42.5 Å². The fourth-order valence-electron chi connectivity index (χ4n) is 3.88. The van der Waals surface area contributed by atoms with E-state index in [2.05, 4.69) is 10.6 Å². The van der Waals surface area contributed by atoms with Crippen molar-refractivity contribution in [2.75, 3.05) is 18.4 Å². The molecule has 0 bridgehead atoms. The van der Waals surface area contributed by atoms with Crippen molar-refractivity contribution in [3.63, 3.8) is 0 Å². The number of nitrogens with one attached hydrogen (secondary N) is 2. The molecule has 5 nitrogen and oxygen atoms in total. The molecule has 0 saturated carbocycles. The summed E-state index contributed by atoms with van der Waals surface area (Å²) in [5.74, 6) is -0.454. The van der Waals surface area contributed by atoms with Crippen LogP contribution in [-0.2, 0) is 10.3 Å². The summed E-state index contributed by atoms with van der Waals surface area (Å²) in [5.41, 5.74) is 3.15. The van der Waals surface area contributed by atoms with Gasteiger partial charge in [-0.2, -0.15) is 0 Å². The van der Waals surface area contributed by atoms with Crippen molar-refractivity contribution in [3.8, 4) is 0 Å². The first-order valence-corrected chi connectivity index (χ1v) is 9.48. The van der Waals surface area contributed by atoms with E-state index in [1.54, 1.807) is 17.0 Å². The van der Waals surface area contributed by atoms with Gasteiger partial charge >= 0.3 is 6.03 Å². The van der Waals surface area contributed by atoms with Crippen molar-refractivity contribution in [3.05, 3.63) is 65.0 Å². The van der Waals surface area contributed by atoms with Gasteiger partial charge in [0.2, 0.25) is 5.91 Å². The summed E-state index contributed by atoms with van der Waals surface area (Å²) < 4.78 is 13.3. The van der Waals surface area contributed by atoms with Crippen molar-refractivity contribution in [1.82, 2.24) is 10.2 Å². The highest BCUT2D eigenvalue weighted by Gasteiger charge is 2.38. The second kappa shape index (κ2) is 8.00.